The molecular weight excluding hydrogens is 460 g/mol. The summed E-state index contributed by atoms with van der Waals surface area (Å²) < 4.78 is 11.7. The Morgan fingerprint density at radius 1 is 0.968 bits per heavy atom. The Balaban J connectivity index is 2.08. The van der Waals surface area contributed by atoms with Gasteiger partial charge < -0.3 is 14.7 Å². The molecule has 0 spiro atoms. The number of rotatable bonds is 4. The van der Waals surface area contributed by atoms with Crippen molar-refractivity contribution in [1.82, 2.24) is 14.9 Å². The van der Waals surface area contributed by atoms with E-state index in [1.54, 1.807) is 14.2 Å². The van der Waals surface area contributed by atoms with Crippen molar-refractivity contribution in [3.8, 4) is 11.5 Å². The van der Waals surface area contributed by atoms with Crippen LogP contribution in [0.15, 0.2) is 32.9 Å². The number of benzene rings is 1. The topological polar surface area (TPSA) is 80.1 Å². The summed E-state index contributed by atoms with van der Waals surface area (Å²) in [5, 5.41) is 13.5. The Morgan fingerprint density at radius 3 is 2.16 bits per heavy atom. The molecule has 2 heterocycles. The molecule has 0 atom stereocenters. The van der Waals surface area contributed by atoms with Gasteiger partial charge in [0.2, 0.25) is 0 Å². The van der Waals surface area contributed by atoms with Gasteiger partial charge >= 0.3 is 0 Å². The van der Waals surface area contributed by atoms with Crippen LogP contribution in [0.25, 0.3) is 12.2 Å². The van der Waals surface area contributed by atoms with E-state index in [-0.39, 0.29) is 0 Å². The van der Waals surface area contributed by atoms with E-state index in [1.165, 1.54) is 0 Å². The Hall–Kier alpha value is -2.71. The molecule has 8 heteroatoms. The lowest BCUT2D eigenvalue weighted by molar-refractivity contribution is 0.315. The Labute approximate surface area is 191 Å². The molecule has 0 saturated carbocycles. The van der Waals surface area contributed by atoms with Crippen LogP contribution in [0.5, 0.6) is 11.5 Å². The molecule has 3 rings (SSSR count). The van der Waals surface area contributed by atoms with Crippen LogP contribution in [0, 0.1) is 20.8 Å². The number of aryl methyl sites for hydroxylation is 3. The Kier molecular flexibility index (Phi) is 7.12. The first-order chi connectivity index (χ1) is 14.8. The lowest BCUT2D eigenvalue weighted by Gasteiger charge is -2.28. The minimum atomic E-state index is 0.541. The van der Waals surface area contributed by atoms with Crippen molar-refractivity contribution in [1.29, 1.82) is 0 Å². The van der Waals surface area contributed by atoms with E-state index in [0.717, 1.165) is 44.0 Å². The predicted molar refractivity (Wildman–Crippen MR) is 126 cm³/mol. The molecule has 0 unspecified atom stereocenters. The number of piperidine rings is 1. The molecule has 7 nitrogen and oxygen atoms in total. The molecule has 164 valence electrons. The minimum Gasteiger partial charge on any atom is -0.493 e. The number of methoxy groups -OCH3 is 2. The maximum absolute atomic E-state index is 9.89. The number of nitrogens with zero attached hydrogens (tertiary/aromatic N) is 4. The van der Waals surface area contributed by atoms with Gasteiger partial charge in [-0.15, -0.1) is 0 Å². The largest absolute Gasteiger partial charge is 0.493 e. The zero-order chi connectivity index (χ0) is 22.7. The summed E-state index contributed by atoms with van der Waals surface area (Å²) >= 11 is 3.60. The van der Waals surface area contributed by atoms with E-state index in [9.17, 15) is 5.21 Å². The highest BCUT2D eigenvalue weighted by atomic mass is 79.9. The first-order valence-corrected chi connectivity index (χ1v) is 10.6. The molecule has 1 N–H and O–H groups in total. The second kappa shape index (κ2) is 9.62. The molecule has 1 saturated heterocycles. The summed E-state index contributed by atoms with van der Waals surface area (Å²) in [6.07, 6.45) is 3.94. The van der Waals surface area contributed by atoms with E-state index < -0.39 is 0 Å². The third-order valence-corrected chi connectivity index (χ3v) is 5.94. The van der Waals surface area contributed by atoms with Crippen molar-refractivity contribution in [2.45, 2.75) is 20.8 Å². The fourth-order valence-corrected chi connectivity index (χ4v) is 3.99. The van der Waals surface area contributed by atoms with Crippen molar-refractivity contribution in [3.63, 3.8) is 0 Å². The molecule has 31 heavy (non-hydrogen) atoms. The molecule has 0 amide bonds. The van der Waals surface area contributed by atoms with Crippen LogP contribution in [0.4, 0.5) is 0 Å². The maximum atomic E-state index is 9.89. The number of likely N-dealkylation sites (N-methyl/N-ethyl adjacent to an activating group) is 1. The van der Waals surface area contributed by atoms with Gasteiger partial charge in [0.05, 0.1) is 37.0 Å². The lowest BCUT2D eigenvalue weighted by Crippen LogP contribution is -2.35. The highest BCUT2D eigenvalue weighted by Crippen LogP contribution is 2.35. The molecule has 1 aliphatic rings. The number of halogens is 1. The van der Waals surface area contributed by atoms with E-state index in [4.69, 9.17) is 9.47 Å². The van der Waals surface area contributed by atoms with Gasteiger partial charge in [-0.3, -0.25) is 9.88 Å². The standard InChI is InChI=1S/C23H27BrN4O3/c1-13-14(2)26-20(15(3)25-13)8-18-12-28(4)11-17(23(18)27-29)7-16-9-21(30-5)22(31-6)10-19(16)24/h7-10,29H,11-12H2,1-6H3/b17-7?,18-8+,27-23-. The van der Waals surface area contributed by atoms with Crippen LogP contribution in [-0.2, 0) is 0 Å². The smallest absolute Gasteiger partial charge is 0.161 e. The average Bonchev–Trinajstić information content (AvgIpc) is 2.73. The highest BCUT2D eigenvalue weighted by molar-refractivity contribution is 9.10. The van der Waals surface area contributed by atoms with E-state index in [0.29, 0.717) is 30.3 Å². The van der Waals surface area contributed by atoms with Crippen molar-refractivity contribution < 1.29 is 14.7 Å². The van der Waals surface area contributed by atoms with Crippen molar-refractivity contribution in [2.24, 2.45) is 5.16 Å². The monoisotopic (exact) mass is 486 g/mol. The fraction of sp³-hybridized carbons (Fsp3) is 0.348. The van der Waals surface area contributed by atoms with Gasteiger partial charge in [-0.2, -0.15) is 0 Å². The van der Waals surface area contributed by atoms with Gasteiger partial charge in [0.15, 0.2) is 11.5 Å². The zero-order valence-electron chi connectivity index (χ0n) is 18.7. The summed E-state index contributed by atoms with van der Waals surface area (Å²) in [6, 6.07) is 3.75. The number of hydrogen-bond acceptors (Lipinski definition) is 7. The summed E-state index contributed by atoms with van der Waals surface area (Å²) in [7, 11) is 5.23. The second-order valence-corrected chi connectivity index (χ2v) is 8.41. The highest BCUT2D eigenvalue weighted by Gasteiger charge is 2.24. The van der Waals surface area contributed by atoms with E-state index >= 15 is 0 Å². The minimum absolute atomic E-state index is 0.541. The molecule has 1 aliphatic heterocycles. The van der Waals surface area contributed by atoms with Crippen LogP contribution >= 0.6 is 15.9 Å². The molecule has 0 bridgehead atoms. The summed E-state index contributed by atoms with van der Waals surface area (Å²) in [4.78, 5) is 11.4. The molecule has 1 aromatic carbocycles. The van der Waals surface area contributed by atoms with E-state index in [1.807, 2.05) is 52.1 Å². The maximum Gasteiger partial charge on any atom is 0.161 e. The third-order valence-electron chi connectivity index (χ3n) is 5.25. The van der Waals surface area contributed by atoms with Gasteiger partial charge in [-0.25, -0.2) is 4.98 Å². The normalized spacial score (nSPS) is 18.7. The quantitative estimate of drug-likeness (QED) is 0.508. The van der Waals surface area contributed by atoms with Gasteiger partial charge in [-0.1, -0.05) is 21.1 Å². The predicted octanol–water partition coefficient (Wildman–Crippen LogP) is 4.42. The summed E-state index contributed by atoms with van der Waals surface area (Å²) in [6.45, 7) is 7.10. The van der Waals surface area contributed by atoms with Crippen molar-refractivity contribution in [2.75, 3.05) is 34.4 Å². The van der Waals surface area contributed by atoms with Crippen LogP contribution in [-0.4, -0.2) is 60.1 Å². The molecular formula is C23H27BrN4O3. The van der Waals surface area contributed by atoms with Crippen LogP contribution in [0.1, 0.15) is 28.3 Å². The number of hydrogen-bond donors (Lipinski definition) is 1. The molecule has 0 aliphatic carbocycles. The molecule has 1 aromatic heterocycles. The zero-order valence-corrected chi connectivity index (χ0v) is 20.2. The first kappa shape index (κ1) is 23.0. The molecule has 1 fully saturated rings. The number of ether oxygens (including phenoxy) is 2. The van der Waals surface area contributed by atoms with Crippen LogP contribution in [0.3, 0.4) is 0 Å². The van der Waals surface area contributed by atoms with Crippen molar-refractivity contribution in [3.05, 3.63) is 56.1 Å². The molecule has 2 aromatic rings. The van der Waals surface area contributed by atoms with Gasteiger partial charge in [0.1, 0.15) is 5.71 Å². The second-order valence-electron chi connectivity index (χ2n) is 7.55. The SMILES string of the molecule is COc1cc(Br)c(C=C2CN(C)CC(=C\c3nc(C)c(C)nc3C)/C2=N\O)cc1OC. The number of aromatic nitrogens is 2. The lowest BCUT2D eigenvalue weighted by atomic mass is 9.94. The molecule has 0 radical (unpaired) electrons. The first-order valence-electron chi connectivity index (χ1n) is 9.83. The fourth-order valence-electron chi connectivity index (χ4n) is 3.55. The Morgan fingerprint density at radius 2 is 1.55 bits per heavy atom. The van der Waals surface area contributed by atoms with Gasteiger partial charge in [0, 0.05) is 17.6 Å². The number of likely N-dealkylation sites (tertiary alicyclic amines) is 1. The Bertz CT molecular complexity index is 1090. The summed E-state index contributed by atoms with van der Waals surface area (Å²) in [5.41, 5.74) is 6.61. The third kappa shape index (κ3) is 4.97. The van der Waals surface area contributed by atoms with Crippen LogP contribution < -0.4 is 9.47 Å². The van der Waals surface area contributed by atoms with Crippen molar-refractivity contribution >= 4 is 33.8 Å². The van der Waals surface area contributed by atoms with Gasteiger partial charge in [-0.05, 0) is 68.8 Å². The van der Waals surface area contributed by atoms with Crippen LogP contribution in [0.2, 0.25) is 0 Å². The van der Waals surface area contributed by atoms with E-state index in [2.05, 4.69) is 36.0 Å². The van der Waals surface area contributed by atoms with Gasteiger partial charge in [0.25, 0.3) is 0 Å². The summed E-state index contributed by atoms with van der Waals surface area (Å²) in [5.74, 6) is 1.26. The average molecular weight is 487 g/mol. The number of oxime groups is 1.